The fourth-order valence-corrected chi connectivity index (χ4v) is 4.76. The molecule has 0 saturated carbocycles. The SMILES string of the molecule is COc1cc(/C=C2\C(=O)NC(=O)N(c3cc(Cl)ccc3C)C2=O)cc(Br)c1OCC(=O)Nc1cc(C)ccc1C. The zero-order valence-electron chi connectivity index (χ0n) is 22.1. The number of barbiturate groups is 1. The molecule has 1 saturated heterocycles. The molecule has 0 spiro atoms. The zero-order valence-corrected chi connectivity index (χ0v) is 24.4. The van der Waals surface area contributed by atoms with E-state index in [-0.39, 0.29) is 35.3 Å². The van der Waals surface area contributed by atoms with Gasteiger partial charge >= 0.3 is 6.03 Å². The van der Waals surface area contributed by atoms with E-state index in [9.17, 15) is 19.2 Å². The van der Waals surface area contributed by atoms with Crippen LogP contribution in [0.25, 0.3) is 6.08 Å². The van der Waals surface area contributed by atoms with Crippen molar-refractivity contribution in [1.29, 1.82) is 0 Å². The summed E-state index contributed by atoms with van der Waals surface area (Å²) in [5.74, 6) is -1.50. The van der Waals surface area contributed by atoms with Gasteiger partial charge in [-0.15, -0.1) is 0 Å². The lowest BCUT2D eigenvalue weighted by atomic mass is 10.1. The van der Waals surface area contributed by atoms with Gasteiger partial charge in [0.1, 0.15) is 5.57 Å². The molecule has 40 heavy (non-hydrogen) atoms. The largest absolute Gasteiger partial charge is 0.493 e. The van der Waals surface area contributed by atoms with E-state index in [1.165, 1.54) is 19.3 Å². The van der Waals surface area contributed by atoms with E-state index in [0.717, 1.165) is 16.0 Å². The number of anilines is 2. The van der Waals surface area contributed by atoms with Crippen molar-refractivity contribution in [3.8, 4) is 11.5 Å². The van der Waals surface area contributed by atoms with Gasteiger partial charge in [0.15, 0.2) is 18.1 Å². The first-order valence-corrected chi connectivity index (χ1v) is 13.2. The predicted octanol–water partition coefficient (Wildman–Crippen LogP) is 5.72. The molecule has 206 valence electrons. The van der Waals surface area contributed by atoms with Crippen LogP contribution in [-0.2, 0) is 14.4 Å². The number of aryl methyl sites for hydroxylation is 3. The monoisotopic (exact) mass is 625 g/mol. The minimum Gasteiger partial charge on any atom is -0.493 e. The number of hydrogen-bond donors (Lipinski definition) is 2. The Kier molecular flexibility index (Phi) is 8.61. The van der Waals surface area contributed by atoms with E-state index in [2.05, 4.69) is 26.6 Å². The van der Waals surface area contributed by atoms with Crippen LogP contribution in [0.5, 0.6) is 11.5 Å². The minimum atomic E-state index is -0.876. The van der Waals surface area contributed by atoms with Gasteiger partial charge in [0.25, 0.3) is 17.7 Å². The van der Waals surface area contributed by atoms with E-state index in [1.54, 1.807) is 31.2 Å². The number of carbonyl (C=O) groups is 4. The van der Waals surface area contributed by atoms with Gasteiger partial charge in [-0.2, -0.15) is 0 Å². The Bertz CT molecular complexity index is 1590. The van der Waals surface area contributed by atoms with Gasteiger partial charge in [0, 0.05) is 10.7 Å². The second-order valence-corrected chi connectivity index (χ2v) is 10.4. The quantitative estimate of drug-likeness (QED) is 0.256. The molecule has 0 aromatic heterocycles. The van der Waals surface area contributed by atoms with Crippen LogP contribution in [0.2, 0.25) is 5.02 Å². The van der Waals surface area contributed by atoms with Crippen LogP contribution < -0.4 is 25.0 Å². The van der Waals surface area contributed by atoms with Crippen LogP contribution in [-0.4, -0.2) is 37.5 Å². The van der Waals surface area contributed by atoms with E-state index in [1.807, 2.05) is 32.0 Å². The van der Waals surface area contributed by atoms with Gasteiger partial charge < -0.3 is 14.8 Å². The number of rotatable bonds is 7. The molecule has 0 aliphatic carbocycles. The fourth-order valence-electron chi connectivity index (χ4n) is 4.02. The Morgan fingerprint density at radius 3 is 2.50 bits per heavy atom. The second-order valence-electron chi connectivity index (χ2n) is 9.08. The molecule has 2 N–H and O–H groups in total. The van der Waals surface area contributed by atoms with Crippen molar-refractivity contribution in [2.24, 2.45) is 0 Å². The lowest BCUT2D eigenvalue weighted by molar-refractivity contribution is -0.122. The Balaban J connectivity index is 1.58. The fraction of sp³-hybridized carbons (Fsp3) is 0.172. The van der Waals surface area contributed by atoms with Gasteiger partial charge in [-0.25, -0.2) is 9.69 Å². The average Bonchev–Trinajstić information content (AvgIpc) is 2.89. The second kappa shape index (κ2) is 11.9. The number of amides is 5. The number of benzene rings is 3. The van der Waals surface area contributed by atoms with Gasteiger partial charge in [-0.3, -0.25) is 19.7 Å². The van der Waals surface area contributed by atoms with Crippen LogP contribution >= 0.6 is 27.5 Å². The molecule has 1 aliphatic heterocycles. The molecule has 1 fully saturated rings. The van der Waals surface area contributed by atoms with Crippen molar-refractivity contribution in [3.63, 3.8) is 0 Å². The molecule has 0 radical (unpaired) electrons. The Morgan fingerprint density at radius 1 is 1.05 bits per heavy atom. The Labute approximate surface area is 244 Å². The van der Waals surface area contributed by atoms with E-state index >= 15 is 0 Å². The van der Waals surface area contributed by atoms with Gasteiger partial charge in [-0.1, -0.05) is 29.8 Å². The maximum Gasteiger partial charge on any atom is 0.335 e. The standard InChI is InChI=1S/C29H25BrClN3O6/c1-15-5-6-16(2)22(9-15)32-25(35)14-40-26-21(30)11-18(12-24(26)39-4)10-20-27(36)33-29(38)34(28(20)37)23-13-19(31)8-7-17(23)3/h5-13H,14H2,1-4H3,(H,32,35)(H,33,36,38)/b20-10+. The number of methoxy groups -OCH3 is 1. The normalized spacial score (nSPS) is 14.3. The molecule has 9 nitrogen and oxygen atoms in total. The summed E-state index contributed by atoms with van der Waals surface area (Å²) < 4.78 is 11.6. The summed E-state index contributed by atoms with van der Waals surface area (Å²) in [5, 5.41) is 5.35. The molecule has 3 aromatic carbocycles. The summed E-state index contributed by atoms with van der Waals surface area (Å²) in [6.45, 7) is 5.25. The molecule has 11 heteroatoms. The average molecular weight is 627 g/mol. The predicted molar refractivity (Wildman–Crippen MR) is 156 cm³/mol. The summed E-state index contributed by atoms with van der Waals surface area (Å²) in [6.07, 6.45) is 1.33. The number of halogens is 2. The summed E-state index contributed by atoms with van der Waals surface area (Å²) in [5.41, 5.74) is 3.64. The molecule has 0 unspecified atom stereocenters. The molecule has 1 aliphatic rings. The third-order valence-electron chi connectivity index (χ3n) is 6.09. The molecule has 1 heterocycles. The van der Waals surface area contributed by atoms with Crippen molar-refractivity contribution in [3.05, 3.63) is 85.9 Å². The highest BCUT2D eigenvalue weighted by Crippen LogP contribution is 2.38. The zero-order chi connectivity index (χ0) is 29.1. The molecular weight excluding hydrogens is 602 g/mol. The maximum atomic E-state index is 13.3. The highest BCUT2D eigenvalue weighted by Gasteiger charge is 2.37. The van der Waals surface area contributed by atoms with E-state index in [0.29, 0.717) is 26.3 Å². The Hall–Kier alpha value is -4.15. The lowest BCUT2D eigenvalue weighted by Crippen LogP contribution is -2.54. The topological polar surface area (TPSA) is 114 Å². The van der Waals surface area contributed by atoms with E-state index < -0.39 is 17.8 Å². The number of nitrogens with zero attached hydrogens (tertiary/aromatic N) is 1. The first-order valence-electron chi connectivity index (χ1n) is 12.0. The van der Waals surface area contributed by atoms with Crippen molar-refractivity contribution < 1.29 is 28.7 Å². The van der Waals surface area contributed by atoms with Crippen LogP contribution in [0.15, 0.2) is 58.6 Å². The first-order chi connectivity index (χ1) is 19.0. The summed E-state index contributed by atoms with van der Waals surface area (Å²) >= 11 is 9.50. The molecule has 3 aromatic rings. The number of ether oxygens (including phenoxy) is 2. The number of imide groups is 2. The Morgan fingerprint density at radius 2 is 1.77 bits per heavy atom. The van der Waals surface area contributed by atoms with Crippen molar-refractivity contribution >= 4 is 68.7 Å². The maximum absolute atomic E-state index is 13.3. The van der Waals surface area contributed by atoms with Crippen molar-refractivity contribution in [2.75, 3.05) is 23.9 Å². The van der Waals surface area contributed by atoms with Gasteiger partial charge in [-0.05, 0) is 95.4 Å². The highest BCUT2D eigenvalue weighted by atomic mass is 79.9. The van der Waals surface area contributed by atoms with Crippen LogP contribution in [0.1, 0.15) is 22.3 Å². The van der Waals surface area contributed by atoms with Gasteiger partial charge in [0.05, 0.1) is 17.3 Å². The number of nitrogens with one attached hydrogen (secondary N) is 2. The number of hydrogen-bond acceptors (Lipinski definition) is 6. The lowest BCUT2D eigenvalue weighted by Gasteiger charge is -2.27. The molecule has 0 atom stereocenters. The van der Waals surface area contributed by atoms with E-state index in [4.69, 9.17) is 21.1 Å². The summed E-state index contributed by atoms with van der Waals surface area (Å²) in [4.78, 5) is 52.0. The van der Waals surface area contributed by atoms with Crippen molar-refractivity contribution in [1.82, 2.24) is 5.32 Å². The third kappa shape index (κ3) is 6.19. The molecule has 0 bridgehead atoms. The summed E-state index contributed by atoms with van der Waals surface area (Å²) in [7, 11) is 1.42. The van der Waals surface area contributed by atoms with Crippen LogP contribution in [0.4, 0.5) is 16.2 Å². The minimum absolute atomic E-state index is 0.253. The van der Waals surface area contributed by atoms with Crippen LogP contribution in [0, 0.1) is 20.8 Å². The van der Waals surface area contributed by atoms with Crippen molar-refractivity contribution in [2.45, 2.75) is 20.8 Å². The molecule has 4 rings (SSSR count). The molecular formula is C29H25BrClN3O6. The highest BCUT2D eigenvalue weighted by molar-refractivity contribution is 9.10. The van der Waals surface area contributed by atoms with Gasteiger partial charge in [0.2, 0.25) is 0 Å². The number of carbonyl (C=O) groups excluding carboxylic acids is 4. The number of urea groups is 1. The summed E-state index contributed by atoms with van der Waals surface area (Å²) in [6, 6.07) is 12.8. The van der Waals surface area contributed by atoms with Crippen LogP contribution in [0.3, 0.4) is 0 Å². The smallest absolute Gasteiger partial charge is 0.335 e. The first kappa shape index (κ1) is 28.8. The molecule has 5 amide bonds. The third-order valence-corrected chi connectivity index (χ3v) is 6.92.